The number of halogens is 1. The van der Waals surface area contributed by atoms with Gasteiger partial charge >= 0.3 is 6.09 Å². The van der Waals surface area contributed by atoms with Gasteiger partial charge in [0.1, 0.15) is 12.1 Å². The van der Waals surface area contributed by atoms with Crippen LogP contribution in [0.5, 0.6) is 0 Å². The van der Waals surface area contributed by atoms with Gasteiger partial charge in [0, 0.05) is 22.4 Å². The molecule has 1 saturated heterocycles. The number of nitrogens with one attached hydrogen (secondary N) is 1. The zero-order chi connectivity index (χ0) is 10.2. The van der Waals surface area contributed by atoms with Crippen LogP contribution in [0.2, 0.25) is 0 Å². The molecule has 1 aliphatic heterocycles. The molecular weight excluding hydrogens is 248 g/mol. The summed E-state index contributed by atoms with van der Waals surface area (Å²) in [6.45, 7) is 2.24. The van der Waals surface area contributed by atoms with Crippen molar-refractivity contribution >= 4 is 22.0 Å². The van der Waals surface area contributed by atoms with Gasteiger partial charge in [-0.3, -0.25) is 4.98 Å². The molecule has 2 rings (SSSR count). The van der Waals surface area contributed by atoms with Crippen LogP contribution in [0.25, 0.3) is 0 Å². The van der Waals surface area contributed by atoms with E-state index in [-0.39, 0.29) is 6.09 Å². The van der Waals surface area contributed by atoms with Crippen LogP contribution in [0.15, 0.2) is 22.9 Å². The van der Waals surface area contributed by atoms with Gasteiger partial charge < -0.3 is 10.1 Å². The lowest BCUT2D eigenvalue weighted by molar-refractivity contribution is 0.173. The molecule has 1 N–H and O–H groups in total. The highest BCUT2D eigenvalue weighted by molar-refractivity contribution is 9.10. The molecule has 5 heteroatoms. The Bertz CT molecular complexity index is 383. The third-order valence-corrected chi connectivity index (χ3v) is 2.65. The van der Waals surface area contributed by atoms with E-state index in [0.717, 1.165) is 10.0 Å². The van der Waals surface area contributed by atoms with Crippen LogP contribution in [0, 0.1) is 0 Å². The van der Waals surface area contributed by atoms with Gasteiger partial charge in [-0.1, -0.05) is 0 Å². The van der Waals surface area contributed by atoms with E-state index in [2.05, 4.69) is 26.2 Å². The summed E-state index contributed by atoms with van der Waals surface area (Å²) in [4.78, 5) is 15.0. The summed E-state index contributed by atoms with van der Waals surface area (Å²) in [5.74, 6) is 0. The zero-order valence-corrected chi connectivity index (χ0v) is 9.17. The number of hydrogen-bond donors (Lipinski definition) is 1. The van der Waals surface area contributed by atoms with Crippen molar-refractivity contribution in [1.29, 1.82) is 0 Å². The topological polar surface area (TPSA) is 51.2 Å². The number of nitrogens with zero attached hydrogens (tertiary/aromatic N) is 1. The quantitative estimate of drug-likeness (QED) is 0.834. The number of alkyl carbamates (subject to hydrolysis) is 1. The molecule has 0 saturated carbocycles. The summed E-state index contributed by atoms with van der Waals surface area (Å²) in [6.07, 6.45) is 3.04. The number of rotatable bonds is 1. The van der Waals surface area contributed by atoms with Crippen molar-refractivity contribution in [3.63, 3.8) is 0 Å². The predicted molar refractivity (Wildman–Crippen MR) is 53.8 cm³/mol. The molecule has 1 aromatic heterocycles. The highest BCUT2D eigenvalue weighted by Crippen LogP contribution is 2.26. The summed E-state index contributed by atoms with van der Waals surface area (Å²) in [7, 11) is 0. The van der Waals surface area contributed by atoms with Crippen LogP contribution in [0.3, 0.4) is 0 Å². The van der Waals surface area contributed by atoms with Gasteiger partial charge in [-0.05, 0) is 28.9 Å². The SMILES string of the molecule is C[C@@]1(c2cncc(Br)c2)COC(=O)N1. The second-order valence-electron chi connectivity index (χ2n) is 3.43. The average molecular weight is 257 g/mol. The summed E-state index contributed by atoms with van der Waals surface area (Å²) in [5.41, 5.74) is 0.464. The van der Waals surface area contributed by atoms with Crippen molar-refractivity contribution in [2.45, 2.75) is 12.5 Å². The van der Waals surface area contributed by atoms with E-state index in [1.54, 1.807) is 12.4 Å². The number of carbonyl (C=O) groups is 1. The Morgan fingerprint density at radius 3 is 3.00 bits per heavy atom. The molecule has 0 unspecified atom stereocenters. The molecule has 4 nitrogen and oxygen atoms in total. The molecule has 1 aliphatic rings. The van der Waals surface area contributed by atoms with Gasteiger partial charge in [0.05, 0.1) is 0 Å². The van der Waals surface area contributed by atoms with Gasteiger partial charge in [-0.15, -0.1) is 0 Å². The van der Waals surface area contributed by atoms with Crippen LogP contribution in [0.1, 0.15) is 12.5 Å². The molecule has 1 aromatic rings. The number of cyclic esters (lactones) is 1. The molecule has 1 fully saturated rings. The minimum absolute atomic E-state index is 0.337. The molecule has 0 radical (unpaired) electrons. The number of hydrogen-bond acceptors (Lipinski definition) is 3. The Morgan fingerprint density at radius 1 is 1.64 bits per heavy atom. The normalized spacial score (nSPS) is 25.7. The first-order valence-electron chi connectivity index (χ1n) is 4.16. The smallest absolute Gasteiger partial charge is 0.408 e. The molecule has 0 aliphatic carbocycles. The van der Waals surface area contributed by atoms with Crippen molar-refractivity contribution in [3.05, 3.63) is 28.5 Å². The Balaban J connectivity index is 2.34. The first kappa shape index (κ1) is 9.45. The zero-order valence-electron chi connectivity index (χ0n) is 7.58. The standard InChI is InChI=1S/C9H9BrN2O2/c1-9(5-14-8(13)12-9)6-2-7(10)4-11-3-6/h2-4H,5H2,1H3,(H,12,13)/t9-/m0/s1. The fourth-order valence-electron chi connectivity index (χ4n) is 1.38. The first-order valence-corrected chi connectivity index (χ1v) is 4.95. The van der Waals surface area contributed by atoms with E-state index < -0.39 is 5.54 Å². The van der Waals surface area contributed by atoms with Crippen LogP contribution < -0.4 is 5.32 Å². The van der Waals surface area contributed by atoms with E-state index in [9.17, 15) is 4.79 Å². The molecule has 1 atom stereocenters. The molecule has 1 amide bonds. The van der Waals surface area contributed by atoms with Crippen molar-refractivity contribution < 1.29 is 9.53 Å². The predicted octanol–water partition coefficient (Wildman–Crippen LogP) is 1.80. The van der Waals surface area contributed by atoms with Gasteiger partial charge in [0.15, 0.2) is 0 Å². The Labute approximate surface area is 89.8 Å². The molecule has 14 heavy (non-hydrogen) atoms. The maximum atomic E-state index is 11.0. The lowest BCUT2D eigenvalue weighted by atomic mass is 9.96. The van der Waals surface area contributed by atoms with Crippen molar-refractivity contribution in [2.24, 2.45) is 0 Å². The van der Waals surface area contributed by atoms with Gasteiger partial charge in [-0.25, -0.2) is 4.79 Å². The number of carbonyl (C=O) groups excluding carboxylic acids is 1. The fourth-order valence-corrected chi connectivity index (χ4v) is 1.74. The lowest BCUT2D eigenvalue weighted by Gasteiger charge is -2.20. The van der Waals surface area contributed by atoms with Gasteiger partial charge in [-0.2, -0.15) is 0 Å². The van der Waals surface area contributed by atoms with Crippen LogP contribution >= 0.6 is 15.9 Å². The summed E-state index contributed by atoms with van der Waals surface area (Å²) < 4.78 is 5.76. The van der Waals surface area contributed by atoms with E-state index >= 15 is 0 Å². The number of pyridine rings is 1. The highest BCUT2D eigenvalue weighted by atomic mass is 79.9. The Hall–Kier alpha value is -1.10. The van der Waals surface area contributed by atoms with Crippen LogP contribution in [-0.2, 0) is 10.3 Å². The van der Waals surface area contributed by atoms with Crippen LogP contribution in [-0.4, -0.2) is 17.7 Å². The Morgan fingerprint density at radius 2 is 2.43 bits per heavy atom. The molecule has 0 spiro atoms. The third kappa shape index (κ3) is 1.59. The monoisotopic (exact) mass is 256 g/mol. The first-order chi connectivity index (χ1) is 6.60. The van der Waals surface area contributed by atoms with Crippen molar-refractivity contribution in [1.82, 2.24) is 10.3 Å². The summed E-state index contributed by atoms with van der Waals surface area (Å²) in [6, 6.07) is 1.92. The van der Waals surface area contributed by atoms with E-state index in [0.29, 0.717) is 6.61 Å². The minimum Gasteiger partial charge on any atom is -0.447 e. The van der Waals surface area contributed by atoms with E-state index in [1.165, 1.54) is 0 Å². The van der Waals surface area contributed by atoms with E-state index in [4.69, 9.17) is 4.74 Å². The van der Waals surface area contributed by atoms with Crippen LogP contribution in [0.4, 0.5) is 4.79 Å². The van der Waals surface area contributed by atoms with E-state index in [1.807, 2.05) is 13.0 Å². The number of aromatic nitrogens is 1. The minimum atomic E-state index is -0.464. The molecule has 0 aromatic carbocycles. The maximum Gasteiger partial charge on any atom is 0.408 e. The highest BCUT2D eigenvalue weighted by Gasteiger charge is 2.36. The summed E-state index contributed by atoms with van der Waals surface area (Å²) in [5, 5.41) is 2.75. The van der Waals surface area contributed by atoms with Gasteiger partial charge in [0.2, 0.25) is 0 Å². The number of amides is 1. The molecule has 74 valence electrons. The maximum absolute atomic E-state index is 11.0. The van der Waals surface area contributed by atoms with Crippen molar-refractivity contribution in [3.8, 4) is 0 Å². The van der Waals surface area contributed by atoms with Crippen molar-refractivity contribution in [2.75, 3.05) is 6.61 Å². The third-order valence-electron chi connectivity index (χ3n) is 2.21. The average Bonchev–Trinajstić information content (AvgIpc) is 2.48. The molecule has 2 heterocycles. The second-order valence-corrected chi connectivity index (χ2v) is 4.34. The van der Waals surface area contributed by atoms with Gasteiger partial charge in [0.25, 0.3) is 0 Å². The summed E-state index contributed by atoms with van der Waals surface area (Å²) >= 11 is 3.33. The Kier molecular flexibility index (Phi) is 2.19. The fraction of sp³-hybridized carbons (Fsp3) is 0.333. The largest absolute Gasteiger partial charge is 0.447 e. The second kappa shape index (κ2) is 3.24. The number of ether oxygens (including phenoxy) is 1. The molecule has 0 bridgehead atoms. The lowest BCUT2D eigenvalue weighted by Crippen LogP contribution is -2.37. The molecular formula is C9H9BrN2O2.